The molecule has 0 aliphatic carbocycles. The summed E-state index contributed by atoms with van der Waals surface area (Å²) in [6.07, 6.45) is -2.76. The molecule has 0 aliphatic rings. The molecule has 1 nitrogen and oxygen atoms in total. The molecule has 1 aromatic carbocycles. The summed E-state index contributed by atoms with van der Waals surface area (Å²) in [6, 6.07) is 2.35. The van der Waals surface area contributed by atoms with E-state index in [-0.39, 0.29) is 14.7 Å². The van der Waals surface area contributed by atoms with Crippen molar-refractivity contribution >= 4 is 31.9 Å². The summed E-state index contributed by atoms with van der Waals surface area (Å²) in [7, 11) is 0. The predicted molar refractivity (Wildman–Crippen MR) is 53.4 cm³/mol. The number of ether oxygens (including phenoxy) is 1. The number of alkyl halides is 4. The molecule has 0 unspecified atom stereocenters. The first kappa shape index (κ1) is 12.8. The first-order valence-electron chi connectivity index (χ1n) is 3.64. The van der Waals surface area contributed by atoms with Gasteiger partial charge in [-0.15, -0.1) is 0 Å². The van der Waals surface area contributed by atoms with Gasteiger partial charge in [-0.1, -0.05) is 6.07 Å². The third-order valence-corrected chi connectivity index (χ3v) is 2.96. The number of halogens is 6. The summed E-state index contributed by atoms with van der Waals surface area (Å²) in [5.41, 5.74) is -0.395. The molecular weight excluding hydrogens is 348 g/mol. The van der Waals surface area contributed by atoms with E-state index in [2.05, 4.69) is 36.6 Å². The molecule has 0 saturated carbocycles. The van der Waals surface area contributed by atoms with Crippen molar-refractivity contribution in [1.82, 2.24) is 0 Å². The van der Waals surface area contributed by atoms with E-state index in [0.717, 1.165) is 6.07 Å². The molecule has 0 radical (unpaired) electrons. The average Bonchev–Trinajstić information content (AvgIpc) is 2.11. The third kappa shape index (κ3) is 3.07. The maximum atomic E-state index is 12.4. The van der Waals surface area contributed by atoms with Gasteiger partial charge < -0.3 is 4.74 Å². The van der Waals surface area contributed by atoms with Crippen LogP contribution in [0.1, 0.15) is 12.0 Å². The first-order valence-corrected chi connectivity index (χ1v) is 5.23. The van der Waals surface area contributed by atoms with E-state index in [1.165, 1.54) is 6.07 Å². The van der Waals surface area contributed by atoms with Crippen molar-refractivity contribution in [2.45, 2.75) is 13.0 Å². The average molecular weight is 352 g/mol. The summed E-state index contributed by atoms with van der Waals surface area (Å²) in [4.78, 5) is 0. The molecule has 1 aromatic rings. The number of hydrogen-bond donors (Lipinski definition) is 0. The van der Waals surface area contributed by atoms with Gasteiger partial charge >= 0.3 is 6.61 Å². The lowest BCUT2D eigenvalue weighted by Crippen LogP contribution is -2.04. The van der Waals surface area contributed by atoms with E-state index in [1.807, 2.05) is 0 Å². The monoisotopic (exact) mass is 350 g/mol. The van der Waals surface area contributed by atoms with Crippen LogP contribution in [0.4, 0.5) is 17.6 Å². The van der Waals surface area contributed by atoms with Gasteiger partial charge in [-0.3, -0.25) is 0 Å². The fourth-order valence-corrected chi connectivity index (χ4v) is 2.22. The van der Waals surface area contributed by atoms with Crippen LogP contribution in [-0.4, -0.2) is 6.61 Å². The molecule has 15 heavy (non-hydrogen) atoms. The molecule has 0 heterocycles. The standard InChI is InChI=1S/C8H4Br2F4O/c9-4-2-1-3(7(11)12)5(10)6(4)15-8(13)14/h1-2,7-8H. The van der Waals surface area contributed by atoms with Gasteiger partial charge in [0.15, 0.2) is 5.75 Å². The highest BCUT2D eigenvalue weighted by Crippen LogP contribution is 2.40. The zero-order valence-electron chi connectivity index (χ0n) is 6.99. The van der Waals surface area contributed by atoms with E-state index >= 15 is 0 Å². The quantitative estimate of drug-likeness (QED) is 0.714. The van der Waals surface area contributed by atoms with Crippen LogP contribution in [0.2, 0.25) is 0 Å². The summed E-state index contributed by atoms with van der Waals surface area (Å²) in [5.74, 6) is -0.331. The summed E-state index contributed by atoms with van der Waals surface area (Å²) >= 11 is 5.72. The van der Waals surface area contributed by atoms with E-state index in [1.54, 1.807) is 0 Å². The van der Waals surface area contributed by atoms with Crippen LogP contribution < -0.4 is 4.74 Å². The van der Waals surface area contributed by atoms with Crippen molar-refractivity contribution in [3.63, 3.8) is 0 Å². The van der Waals surface area contributed by atoms with Crippen LogP contribution in [0, 0.1) is 0 Å². The Morgan fingerprint density at radius 3 is 2.13 bits per heavy atom. The number of benzene rings is 1. The van der Waals surface area contributed by atoms with Gasteiger partial charge in [-0.2, -0.15) is 8.78 Å². The van der Waals surface area contributed by atoms with Gasteiger partial charge in [-0.05, 0) is 37.9 Å². The lowest BCUT2D eigenvalue weighted by atomic mass is 10.2. The fourth-order valence-electron chi connectivity index (χ4n) is 0.913. The van der Waals surface area contributed by atoms with Crippen molar-refractivity contribution < 1.29 is 22.3 Å². The van der Waals surface area contributed by atoms with E-state index in [9.17, 15) is 17.6 Å². The second-order valence-corrected chi connectivity index (χ2v) is 4.11. The van der Waals surface area contributed by atoms with Crippen molar-refractivity contribution in [3.05, 3.63) is 26.6 Å². The van der Waals surface area contributed by atoms with Gasteiger partial charge in [0.2, 0.25) is 0 Å². The minimum Gasteiger partial charge on any atom is -0.432 e. The van der Waals surface area contributed by atoms with Gasteiger partial charge in [0.05, 0.1) is 8.95 Å². The topological polar surface area (TPSA) is 9.23 Å². The molecule has 0 aromatic heterocycles. The zero-order valence-corrected chi connectivity index (χ0v) is 10.2. The van der Waals surface area contributed by atoms with Gasteiger partial charge in [0.1, 0.15) is 0 Å². The minimum absolute atomic E-state index is 0.174. The molecule has 7 heteroatoms. The Morgan fingerprint density at radius 2 is 1.67 bits per heavy atom. The van der Waals surface area contributed by atoms with Crippen LogP contribution in [0.15, 0.2) is 21.1 Å². The molecule has 0 spiro atoms. The zero-order chi connectivity index (χ0) is 11.6. The third-order valence-electron chi connectivity index (χ3n) is 1.52. The summed E-state index contributed by atoms with van der Waals surface area (Å²) in [6.45, 7) is -3.06. The van der Waals surface area contributed by atoms with Crippen LogP contribution in [0.25, 0.3) is 0 Å². The lowest BCUT2D eigenvalue weighted by Gasteiger charge is -2.12. The molecule has 0 amide bonds. The highest BCUT2D eigenvalue weighted by Gasteiger charge is 2.19. The molecule has 1 rings (SSSR count). The van der Waals surface area contributed by atoms with Crippen LogP contribution in [-0.2, 0) is 0 Å². The van der Waals surface area contributed by atoms with Crippen molar-refractivity contribution in [1.29, 1.82) is 0 Å². The Hall–Kier alpha value is -0.300. The Balaban J connectivity index is 3.18. The minimum atomic E-state index is -3.06. The lowest BCUT2D eigenvalue weighted by molar-refractivity contribution is -0.0511. The molecule has 0 aliphatic heterocycles. The number of rotatable bonds is 3. The molecule has 0 bridgehead atoms. The van der Waals surface area contributed by atoms with Crippen LogP contribution >= 0.6 is 31.9 Å². The van der Waals surface area contributed by atoms with Crippen molar-refractivity contribution in [2.24, 2.45) is 0 Å². The fraction of sp³-hybridized carbons (Fsp3) is 0.250. The SMILES string of the molecule is FC(F)Oc1c(Br)ccc(C(F)F)c1Br. The van der Waals surface area contributed by atoms with E-state index in [4.69, 9.17) is 0 Å². The Bertz CT molecular complexity index is 357. The maximum Gasteiger partial charge on any atom is 0.387 e. The van der Waals surface area contributed by atoms with Gasteiger partial charge in [0.25, 0.3) is 6.43 Å². The highest BCUT2D eigenvalue weighted by molar-refractivity contribution is 9.11. The van der Waals surface area contributed by atoms with Gasteiger partial charge in [-0.25, -0.2) is 8.78 Å². The molecule has 0 N–H and O–H groups in total. The van der Waals surface area contributed by atoms with Crippen molar-refractivity contribution in [3.8, 4) is 5.75 Å². The highest BCUT2D eigenvalue weighted by atomic mass is 79.9. The van der Waals surface area contributed by atoms with Crippen LogP contribution in [0.3, 0.4) is 0 Å². The molecule has 0 atom stereocenters. The molecule has 0 saturated heterocycles. The number of hydrogen-bond acceptors (Lipinski definition) is 1. The first-order chi connectivity index (χ1) is 6.93. The Kier molecular flexibility index (Phi) is 4.39. The molecule has 84 valence electrons. The molecular formula is C8H4Br2F4O. The Labute approximate surface area is 99.7 Å². The Morgan fingerprint density at radius 1 is 1.07 bits per heavy atom. The predicted octanol–water partition coefficient (Wildman–Crippen LogP) is 4.75. The summed E-state index contributed by atoms with van der Waals surface area (Å²) in [5, 5.41) is 0. The maximum absolute atomic E-state index is 12.4. The second-order valence-electron chi connectivity index (χ2n) is 2.46. The van der Waals surface area contributed by atoms with Crippen LogP contribution in [0.5, 0.6) is 5.75 Å². The van der Waals surface area contributed by atoms with Crippen molar-refractivity contribution in [2.75, 3.05) is 0 Å². The van der Waals surface area contributed by atoms with E-state index in [0.29, 0.717) is 0 Å². The molecule has 0 fully saturated rings. The largest absolute Gasteiger partial charge is 0.432 e. The summed E-state index contributed by atoms with van der Waals surface area (Å²) < 4.78 is 52.8. The van der Waals surface area contributed by atoms with Gasteiger partial charge in [0, 0.05) is 5.56 Å². The normalized spacial score (nSPS) is 11.2. The second kappa shape index (κ2) is 5.16. The smallest absolute Gasteiger partial charge is 0.387 e. The van der Waals surface area contributed by atoms with E-state index < -0.39 is 18.6 Å².